The second kappa shape index (κ2) is 10.4. The highest BCUT2D eigenvalue weighted by molar-refractivity contribution is 9.10. The molecular formula is C19H18BrClF3N3O4S. The highest BCUT2D eigenvalue weighted by Crippen LogP contribution is 2.45. The number of carbonyl (C=O) groups is 1. The molecule has 174 valence electrons. The zero-order valence-electron chi connectivity index (χ0n) is 16.3. The van der Waals surface area contributed by atoms with Gasteiger partial charge in [0.1, 0.15) is 10.9 Å². The third-order valence-corrected chi connectivity index (χ3v) is 7.19. The fourth-order valence-electron chi connectivity index (χ4n) is 3.08. The summed E-state index contributed by atoms with van der Waals surface area (Å²) in [5.74, 6) is -1.63. The molecule has 13 heteroatoms. The van der Waals surface area contributed by atoms with Crippen LogP contribution in [0.25, 0.3) is 10.2 Å². The van der Waals surface area contributed by atoms with Gasteiger partial charge in [0.15, 0.2) is 0 Å². The molecule has 1 aliphatic rings. The molecule has 0 bridgehead atoms. The molecule has 32 heavy (non-hydrogen) atoms. The first-order chi connectivity index (χ1) is 15.1. The Bertz CT molecular complexity index is 1080. The zero-order valence-corrected chi connectivity index (χ0v) is 19.4. The van der Waals surface area contributed by atoms with Crippen LogP contribution in [0.1, 0.15) is 23.0 Å². The van der Waals surface area contributed by atoms with E-state index in [0.717, 1.165) is 39.2 Å². The number of furan rings is 1. The van der Waals surface area contributed by atoms with Crippen molar-refractivity contribution in [3.8, 4) is 0 Å². The minimum Gasteiger partial charge on any atom is -0.475 e. The molecule has 0 amide bonds. The number of nitrogens with two attached hydrogens (primary N) is 1. The molecule has 4 heterocycles. The van der Waals surface area contributed by atoms with Gasteiger partial charge >= 0.3 is 12.1 Å². The molecule has 3 aromatic heterocycles. The molecule has 7 nitrogen and oxygen atoms in total. The predicted molar refractivity (Wildman–Crippen MR) is 118 cm³/mol. The summed E-state index contributed by atoms with van der Waals surface area (Å²) < 4.78 is 44.7. The molecule has 0 saturated carbocycles. The standard InChI is InChI=1S/C17H17BrClN3O2S.C2HF3O2/c18-14-15-17(25-16(14)10-3-5-23-8-11(10)20)12(6-13(19)22-15)21-7-9-2-1-4-24-9;3-2(4,5)1(6)7/h1-2,4,6,10-11H,3,5,7-8,20H2,(H,21,22);(H,6,7)/t10-,11-;/m0./s1. The monoisotopic (exact) mass is 555 g/mol. The summed E-state index contributed by atoms with van der Waals surface area (Å²) in [5.41, 5.74) is 8.10. The number of ether oxygens (including phenoxy) is 1. The molecular weight excluding hydrogens is 539 g/mol. The molecule has 0 radical (unpaired) electrons. The number of fused-ring (bicyclic) bond motifs is 1. The highest BCUT2D eigenvalue weighted by atomic mass is 79.9. The van der Waals surface area contributed by atoms with E-state index in [0.29, 0.717) is 18.3 Å². The van der Waals surface area contributed by atoms with Gasteiger partial charge in [-0.05, 0) is 34.5 Å². The van der Waals surface area contributed by atoms with E-state index in [1.54, 1.807) is 17.6 Å². The van der Waals surface area contributed by atoms with Gasteiger partial charge < -0.3 is 25.3 Å². The quantitative estimate of drug-likeness (QED) is 0.370. The largest absolute Gasteiger partial charge is 0.490 e. The zero-order chi connectivity index (χ0) is 23.5. The molecule has 4 rings (SSSR count). The van der Waals surface area contributed by atoms with Gasteiger partial charge in [-0.15, -0.1) is 11.3 Å². The van der Waals surface area contributed by atoms with E-state index in [2.05, 4.69) is 26.2 Å². The third kappa shape index (κ3) is 5.93. The number of pyridine rings is 1. The van der Waals surface area contributed by atoms with Gasteiger partial charge in [0.05, 0.1) is 39.8 Å². The van der Waals surface area contributed by atoms with Gasteiger partial charge in [0.2, 0.25) is 0 Å². The molecule has 0 spiro atoms. The summed E-state index contributed by atoms with van der Waals surface area (Å²) in [5, 5.41) is 11.0. The Balaban J connectivity index is 0.000000360. The number of hydrogen-bond donors (Lipinski definition) is 3. The molecule has 0 aromatic carbocycles. The number of rotatable bonds is 4. The Morgan fingerprint density at radius 2 is 2.19 bits per heavy atom. The Morgan fingerprint density at radius 1 is 1.47 bits per heavy atom. The van der Waals surface area contributed by atoms with Crippen molar-refractivity contribution in [2.45, 2.75) is 31.1 Å². The van der Waals surface area contributed by atoms with E-state index in [9.17, 15) is 13.2 Å². The number of nitrogens with one attached hydrogen (secondary N) is 1. The fourth-order valence-corrected chi connectivity index (χ4v) is 5.56. The van der Waals surface area contributed by atoms with Crippen molar-refractivity contribution in [1.29, 1.82) is 0 Å². The average molecular weight is 557 g/mol. The maximum absolute atomic E-state index is 10.6. The summed E-state index contributed by atoms with van der Waals surface area (Å²) >= 11 is 11.7. The van der Waals surface area contributed by atoms with Crippen molar-refractivity contribution < 1.29 is 32.2 Å². The van der Waals surface area contributed by atoms with E-state index in [1.807, 2.05) is 18.2 Å². The van der Waals surface area contributed by atoms with Crippen molar-refractivity contribution in [1.82, 2.24) is 4.98 Å². The Hall–Kier alpha value is -1.86. The Labute approximate surface area is 197 Å². The lowest BCUT2D eigenvalue weighted by atomic mass is 9.94. The van der Waals surface area contributed by atoms with E-state index < -0.39 is 12.1 Å². The van der Waals surface area contributed by atoms with Crippen LogP contribution < -0.4 is 11.1 Å². The summed E-state index contributed by atoms with van der Waals surface area (Å²) in [7, 11) is 0. The topological polar surface area (TPSA) is 111 Å². The second-order valence-electron chi connectivity index (χ2n) is 6.82. The number of halogens is 5. The Kier molecular flexibility index (Phi) is 8.04. The highest BCUT2D eigenvalue weighted by Gasteiger charge is 2.38. The van der Waals surface area contributed by atoms with Crippen molar-refractivity contribution in [2.75, 3.05) is 18.5 Å². The van der Waals surface area contributed by atoms with E-state index in [-0.39, 0.29) is 12.0 Å². The maximum atomic E-state index is 10.6. The molecule has 2 atom stereocenters. The number of alkyl halides is 3. The number of anilines is 1. The smallest absolute Gasteiger partial charge is 0.475 e. The summed E-state index contributed by atoms with van der Waals surface area (Å²) in [6, 6.07) is 5.65. The van der Waals surface area contributed by atoms with Gasteiger partial charge in [0.25, 0.3) is 0 Å². The van der Waals surface area contributed by atoms with Gasteiger partial charge in [-0.25, -0.2) is 9.78 Å². The summed E-state index contributed by atoms with van der Waals surface area (Å²) in [4.78, 5) is 14.6. The molecule has 1 fully saturated rings. The van der Waals surface area contributed by atoms with Crippen molar-refractivity contribution in [3.63, 3.8) is 0 Å². The van der Waals surface area contributed by atoms with Crippen LogP contribution in [-0.2, 0) is 16.1 Å². The van der Waals surface area contributed by atoms with E-state index in [4.69, 9.17) is 36.4 Å². The van der Waals surface area contributed by atoms with Crippen LogP contribution in [-0.4, -0.2) is 41.5 Å². The minimum absolute atomic E-state index is 0.00638. The lowest BCUT2D eigenvalue weighted by Crippen LogP contribution is -2.37. The van der Waals surface area contributed by atoms with Crippen LogP contribution in [0.2, 0.25) is 5.15 Å². The van der Waals surface area contributed by atoms with Crippen LogP contribution in [0.5, 0.6) is 0 Å². The van der Waals surface area contributed by atoms with Gasteiger partial charge in [0, 0.05) is 29.5 Å². The van der Waals surface area contributed by atoms with Crippen LogP contribution in [0.4, 0.5) is 18.9 Å². The van der Waals surface area contributed by atoms with Gasteiger partial charge in [-0.3, -0.25) is 0 Å². The molecule has 3 aromatic rings. The van der Waals surface area contributed by atoms with Crippen molar-refractivity contribution in [2.24, 2.45) is 5.73 Å². The molecule has 1 saturated heterocycles. The number of carboxylic acids is 1. The maximum Gasteiger partial charge on any atom is 0.490 e. The predicted octanol–water partition coefficient (Wildman–Crippen LogP) is 5.38. The second-order valence-corrected chi connectivity index (χ2v) is 9.05. The van der Waals surface area contributed by atoms with Crippen LogP contribution in [0, 0.1) is 0 Å². The van der Waals surface area contributed by atoms with Crippen LogP contribution in [0.3, 0.4) is 0 Å². The first-order valence-electron chi connectivity index (χ1n) is 9.26. The number of thiophene rings is 1. The van der Waals surface area contributed by atoms with Crippen molar-refractivity contribution >= 4 is 60.7 Å². The Morgan fingerprint density at radius 3 is 2.78 bits per heavy atom. The fraction of sp³-hybridized carbons (Fsp3) is 0.368. The minimum atomic E-state index is -5.08. The lowest BCUT2D eigenvalue weighted by Gasteiger charge is -2.28. The molecule has 1 aliphatic heterocycles. The molecule has 0 aliphatic carbocycles. The summed E-state index contributed by atoms with van der Waals surface area (Å²) in [6.45, 7) is 1.91. The van der Waals surface area contributed by atoms with Crippen LogP contribution >= 0.6 is 38.9 Å². The average Bonchev–Trinajstić information content (AvgIpc) is 3.35. The number of hydrogen-bond acceptors (Lipinski definition) is 7. The SMILES string of the molecule is N[C@H]1COCC[C@@H]1c1sc2c(NCc3ccco3)cc(Cl)nc2c1Br.O=C(O)C(F)(F)F. The van der Waals surface area contributed by atoms with E-state index >= 15 is 0 Å². The molecule has 0 unspecified atom stereocenters. The third-order valence-electron chi connectivity index (χ3n) is 4.59. The van der Waals surface area contributed by atoms with Gasteiger partial charge in [-0.2, -0.15) is 13.2 Å². The number of carboxylic acid groups (broad SMARTS) is 1. The summed E-state index contributed by atoms with van der Waals surface area (Å²) in [6.07, 6.45) is -2.51. The number of nitrogens with zero attached hydrogens (tertiary/aromatic N) is 1. The first kappa shape index (κ1) is 24.8. The lowest BCUT2D eigenvalue weighted by molar-refractivity contribution is -0.192. The van der Waals surface area contributed by atoms with E-state index in [1.165, 1.54) is 4.88 Å². The van der Waals surface area contributed by atoms with Crippen LogP contribution in [0.15, 0.2) is 33.4 Å². The first-order valence-corrected chi connectivity index (χ1v) is 11.2. The number of aliphatic carboxylic acids is 1. The van der Waals surface area contributed by atoms with Crippen molar-refractivity contribution in [3.05, 3.63) is 44.7 Å². The van der Waals surface area contributed by atoms with Gasteiger partial charge in [-0.1, -0.05) is 11.6 Å². The molecule has 4 N–H and O–H groups in total. The number of aromatic nitrogens is 1. The normalized spacial score (nSPS) is 18.8.